The van der Waals surface area contributed by atoms with Crippen molar-refractivity contribution >= 4 is 57.9 Å². The maximum Gasteiger partial charge on any atom is 0.268 e. The number of hydrogen-bond donors (Lipinski definition) is 0. The minimum Gasteiger partial charge on any atom is -0.308 e. The van der Waals surface area contributed by atoms with E-state index in [-0.39, 0.29) is 5.91 Å². The van der Waals surface area contributed by atoms with Gasteiger partial charge in [0.05, 0.1) is 4.88 Å². The van der Waals surface area contributed by atoms with Crippen molar-refractivity contribution in [2.45, 2.75) is 17.6 Å². The molecule has 6 heteroatoms. The van der Waals surface area contributed by atoms with Crippen LogP contribution in [0.5, 0.6) is 0 Å². The topological polar surface area (TPSA) is 20.3 Å². The van der Waals surface area contributed by atoms with Gasteiger partial charge in [-0.05, 0) is 48.9 Å². The van der Waals surface area contributed by atoms with Gasteiger partial charge >= 0.3 is 0 Å². The molecule has 1 aliphatic heterocycles. The second-order valence-corrected chi connectivity index (χ2v) is 8.87. The lowest BCUT2D eigenvalue weighted by molar-refractivity contribution is 0.0992. The number of rotatable bonds is 3. The van der Waals surface area contributed by atoms with Crippen molar-refractivity contribution in [1.29, 1.82) is 0 Å². The number of amides is 1. The number of carbonyl (C=O) groups is 1. The molecule has 0 atom stereocenters. The molecule has 1 aromatic heterocycles. The molecule has 0 saturated carbocycles. The van der Waals surface area contributed by atoms with Crippen LogP contribution in [0.4, 0.5) is 5.69 Å². The van der Waals surface area contributed by atoms with Crippen molar-refractivity contribution in [3.63, 3.8) is 0 Å². The Morgan fingerprint density at radius 3 is 2.69 bits per heavy atom. The molecule has 3 aromatic rings. The zero-order valence-corrected chi connectivity index (χ0v) is 17.1. The number of anilines is 1. The molecule has 0 saturated heterocycles. The van der Waals surface area contributed by atoms with Crippen molar-refractivity contribution in [3.8, 4) is 10.4 Å². The van der Waals surface area contributed by atoms with Crippen LogP contribution in [-0.4, -0.2) is 12.5 Å². The first-order chi connectivity index (χ1) is 12.6. The van der Waals surface area contributed by atoms with E-state index in [4.69, 9.17) is 23.2 Å². The predicted octanol–water partition coefficient (Wildman–Crippen LogP) is 6.99. The number of thioether (sulfide) groups is 1. The Morgan fingerprint density at radius 1 is 1.12 bits per heavy atom. The molecule has 0 aliphatic carbocycles. The van der Waals surface area contributed by atoms with E-state index in [2.05, 4.69) is 0 Å². The molecule has 0 N–H and O–H groups in total. The van der Waals surface area contributed by atoms with Crippen LogP contribution in [0, 0.1) is 0 Å². The minimum atomic E-state index is 0.00896. The Kier molecular flexibility index (Phi) is 5.02. The van der Waals surface area contributed by atoms with E-state index < -0.39 is 0 Å². The highest BCUT2D eigenvalue weighted by Gasteiger charge is 2.25. The molecule has 2 heterocycles. The van der Waals surface area contributed by atoms with Gasteiger partial charge in [0, 0.05) is 43.4 Å². The van der Waals surface area contributed by atoms with Gasteiger partial charge in [-0.2, -0.15) is 0 Å². The molecule has 0 fully saturated rings. The average molecular weight is 420 g/mol. The van der Waals surface area contributed by atoms with Gasteiger partial charge in [-0.25, -0.2) is 0 Å². The Balaban J connectivity index is 1.71. The van der Waals surface area contributed by atoms with Crippen LogP contribution in [0.25, 0.3) is 10.4 Å². The summed E-state index contributed by atoms with van der Waals surface area (Å²) in [5.74, 6) is 0.866. The normalized spacial score (nSPS) is 12.4. The minimum absolute atomic E-state index is 0.00896. The fraction of sp³-hybridized carbons (Fsp3) is 0.150. The summed E-state index contributed by atoms with van der Waals surface area (Å²) in [6.45, 7) is 2.56. The first-order valence-electron chi connectivity index (χ1n) is 8.19. The fourth-order valence-corrected chi connectivity index (χ4v) is 5.87. The highest BCUT2D eigenvalue weighted by atomic mass is 35.5. The van der Waals surface area contributed by atoms with Crippen LogP contribution in [0.2, 0.25) is 10.0 Å². The van der Waals surface area contributed by atoms with Crippen LogP contribution in [0.15, 0.2) is 53.4 Å². The van der Waals surface area contributed by atoms with Crippen molar-refractivity contribution in [2.24, 2.45) is 0 Å². The van der Waals surface area contributed by atoms with E-state index >= 15 is 0 Å². The van der Waals surface area contributed by atoms with E-state index in [0.29, 0.717) is 11.6 Å². The summed E-state index contributed by atoms with van der Waals surface area (Å²) in [6.07, 6.45) is 0. The SMILES string of the molecule is CCN(C(=O)c1cc2c(s1)-c1ccc(Cl)cc1SC2)c1cccc(Cl)c1. The van der Waals surface area contributed by atoms with Gasteiger partial charge in [-0.3, -0.25) is 4.79 Å². The molecule has 0 unspecified atom stereocenters. The zero-order chi connectivity index (χ0) is 18.3. The predicted molar refractivity (Wildman–Crippen MR) is 113 cm³/mol. The van der Waals surface area contributed by atoms with Gasteiger partial charge in [0.1, 0.15) is 0 Å². The molecule has 1 amide bonds. The molecule has 0 radical (unpaired) electrons. The summed E-state index contributed by atoms with van der Waals surface area (Å²) in [6, 6.07) is 15.4. The molecule has 0 spiro atoms. The monoisotopic (exact) mass is 419 g/mol. The summed E-state index contributed by atoms with van der Waals surface area (Å²) in [4.78, 5) is 18.0. The summed E-state index contributed by atoms with van der Waals surface area (Å²) in [7, 11) is 0. The Bertz CT molecular complexity index is 999. The van der Waals surface area contributed by atoms with E-state index in [1.807, 2.05) is 55.5 Å². The Morgan fingerprint density at radius 2 is 1.92 bits per heavy atom. The molecular weight excluding hydrogens is 405 g/mol. The molecule has 2 nitrogen and oxygen atoms in total. The Hall–Kier alpha value is -1.46. The van der Waals surface area contributed by atoms with E-state index in [9.17, 15) is 4.79 Å². The first-order valence-corrected chi connectivity index (χ1v) is 10.8. The van der Waals surface area contributed by atoms with Crippen molar-refractivity contribution < 1.29 is 4.79 Å². The quantitative estimate of drug-likeness (QED) is 0.455. The summed E-state index contributed by atoms with van der Waals surface area (Å²) in [5.41, 5.74) is 3.19. The van der Waals surface area contributed by atoms with Gasteiger partial charge in [0.25, 0.3) is 5.91 Å². The van der Waals surface area contributed by atoms with Crippen LogP contribution in [0.1, 0.15) is 22.2 Å². The highest BCUT2D eigenvalue weighted by molar-refractivity contribution is 7.98. The van der Waals surface area contributed by atoms with Gasteiger partial charge < -0.3 is 4.90 Å². The van der Waals surface area contributed by atoms with Gasteiger partial charge in [0.15, 0.2) is 0 Å². The third kappa shape index (κ3) is 3.27. The molecule has 26 heavy (non-hydrogen) atoms. The molecular formula is C20H15Cl2NOS2. The smallest absolute Gasteiger partial charge is 0.268 e. The Labute approximate surface area is 170 Å². The first kappa shape index (κ1) is 17.9. The van der Waals surface area contributed by atoms with E-state index in [1.165, 1.54) is 15.3 Å². The number of benzene rings is 2. The van der Waals surface area contributed by atoms with Gasteiger partial charge in [0.2, 0.25) is 0 Å². The summed E-state index contributed by atoms with van der Waals surface area (Å²) < 4.78 is 0. The molecule has 4 rings (SSSR count). The molecule has 2 aromatic carbocycles. The van der Waals surface area contributed by atoms with Crippen molar-refractivity contribution in [3.05, 3.63) is 69.0 Å². The second-order valence-electron chi connectivity index (χ2n) is 5.92. The highest BCUT2D eigenvalue weighted by Crippen LogP contribution is 2.46. The van der Waals surface area contributed by atoms with Crippen LogP contribution in [-0.2, 0) is 5.75 Å². The average Bonchev–Trinajstić information content (AvgIpc) is 3.06. The van der Waals surface area contributed by atoms with Gasteiger partial charge in [-0.15, -0.1) is 23.1 Å². The van der Waals surface area contributed by atoms with Gasteiger partial charge in [-0.1, -0.05) is 35.3 Å². The number of hydrogen-bond acceptors (Lipinski definition) is 3. The fourth-order valence-electron chi connectivity index (χ4n) is 3.05. The second kappa shape index (κ2) is 7.28. The van der Waals surface area contributed by atoms with Crippen molar-refractivity contribution in [1.82, 2.24) is 0 Å². The third-order valence-electron chi connectivity index (χ3n) is 4.27. The largest absolute Gasteiger partial charge is 0.308 e. The number of nitrogens with zero attached hydrogens (tertiary/aromatic N) is 1. The zero-order valence-electron chi connectivity index (χ0n) is 14.0. The van der Waals surface area contributed by atoms with E-state index in [0.717, 1.165) is 26.9 Å². The molecule has 1 aliphatic rings. The standard InChI is InChI=1S/C20H15Cl2NOS2/c1-2-23(15-5-3-4-13(21)9-15)20(24)18-8-12-11-25-17-10-14(22)6-7-16(17)19(12)26-18/h3-10H,2,11H2,1H3. The lowest BCUT2D eigenvalue weighted by Crippen LogP contribution is -2.29. The maximum atomic E-state index is 13.1. The van der Waals surface area contributed by atoms with Crippen LogP contribution in [0.3, 0.4) is 0 Å². The third-order valence-corrected chi connectivity index (χ3v) is 7.05. The molecule has 132 valence electrons. The van der Waals surface area contributed by atoms with Crippen LogP contribution >= 0.6 is 46.3 Å². The number of carbonyl (C=O) groups excluding carboxylic acids is 1. The van der Waals surface area contributed by atoms with Crippen molar-refractivity contribution in [2.75, 3.05) is 11.4 Å². The number of fused-ring (bicyclic) bond motifs is 3. The maximum absolute atomic E-state index is 13.1. The number of thiophene rings is 1. The lowest BCUT2D eigenvalue weighted by Gasteiger charge is -2.20. The van der Waals surface area contributed by atoms with Crippen LogP contribution < -0.4 is 4.90 Å². The summed E-state index contributed by atoms with van der Waals surface area (Å²) in [5, 5.41) is 1.37. The molecule has 0 bridgehead atoms. The lowest BCUT2D eigenvalue weighted by atomic mass is 10.1. The number of halogens is 2. The van der Waals surface area contributed by atoms with E-state index in [1.54, 1.807) is 28.0 Å². The summed E-state index contributed by atoms with van der Waals surface area (Å²) >= 11 is 15.5.